The smallest absolute Gasteiger partial charge is 0.150 e. The molecule has 0 radical (unpaired) electrons. The summed E-state index contributed by atoms with van der Waals surface area (Å²) in [7, 11) is 0. The Morgan fingerprint density at radius 3 is 0.547 bits per heavy atom. The molecule has 0 saturated heterocycles. The number of benzene rings is 6. The van der Waals surface area contributed by atoms with Crippen molar-refractivity contribution in [3.63, 3.8) is 0 Å². The van der Waals surface area contributed by atoms with E-state index in [-0.39, 0.29) is 16.2 Å². The first kappa shape index (κ1) is 73.4. The zero-order valence-electron chi connectivity index (χ0n) is 60.9. The van der Waals surface area contributed by atoms with Gasteiger partial charge in [-0.15, -0.1) is 0 Å². The van der Waals surface area contributed by atoms with Crippen molar-refractivity contribution in [3.05, 3.63) is 176 Å². The monoisotopic (exact) mass is 1270 g/mol. The van der Waals surface area contributed by atoms with Gasteiger partial charge in [-0.05, 0) is 140 Å². The number of fused-ring (bicyclic) bond motifs is 9. The lowest BCUT2D eigenvalue weighted by Crippen LogP contribution is -2.26. The molecule has 3 aliphatic carbocycles. The van der Waals surface area contributed by atoms with Gasteiger partial charge in [-0.2, -0.15) is 0 Å². The zero-order chi connectivity index (χ0) is 66.6. The molecule has 0 aromatic heterocycles. The largest absolute Gasteiger partial charge is 0.298 e. The summed E-state index contributed by atoms with van der Waals surface area (Å²) in [4.78, 5) is 25.0. The third-order valence-electron chi connectivity index (χ3n) is 23.2. The van der Waals surface area contributed by atoms with Crippen molar-refractivity contribution in [2.75, 3.05) is 0 Å². The highest BCUT2D eigenvalue weighted by Gasteiger charge is 2.45. The van der Waals surface area contributed by atoms with Gasteiger partial charge < -0.3 is 0 Å². The average Bonchev–Trinajstić information content (AvgIpc) is 1.60. The molecule has 510 valence electrons. The van der Waals surface area contributed by atoms with E-state index in [1.807, 2.05) is 0 Å². The van der Waals surface area contributed by atoms with Gasteiger partial charge in [0.25, 0.3) is 0 Å². The number of carbonyl (C=O) groups excluding carboxylic acids is 2. The Labute approximate surface area is 579 Å². The van der Waals surface area contributed by atoms with Crippen LogP contribution < -0.4 is 0 Å². The van der Waals surface area contributed by atoms with Gasteiger partial charge in [0.15, 0.2) is 0 Å². The van der Waals surface area contributed by atoms with Crippen LogP contribution in [0.4, 0.5) is 0 Å². The molecule has 0 saturated carbocycles. The molecular weight excluding hydrogens is 1150 g/mol. The standard InChI is InChI=1S/C93H126O2/c1-7-13-19-25-31-37-59-91(60-38-32-26-20-14-8-2)85-65-73(43-45-75-49-55-81-83-57-51-77(71-94)69-89(83)92(87(81)67-75,61-39-33-27-21-15-9-3)62-40-34-28-22-16-10-4)47-53-79(85)80-54-48-74(66-86(80)91)44-46-76-50-56-82-84-58-52-78(72-95)70-90(84)93(88(82)68-76,63-41-35-29-23-17-11-5)64-42-36-30-24-18-12-6/h43-58,65-72H,7-42,59-64H2,1-6H3/b45-43+,46-44+. The molecule has 0 atom stereocenters. The Hall–Kier alpha value is -5.86. The number of hydrogen-bond acceptors (Lipinski definition) is 2. The highest BCUT2D eigenvalue weighted by Crippen LogP contribution is 2.58. The third kappa shape index (κ3) is 18.5. The molecule has 0 unspecified atom stereocenters. The minimum atomic E-state index is -0.0914. The summed E-state index contributed by atoms with van der Waals surface area (Å²) in [6, 6.07) is 43.0. The molecule has 3 aliphatic rings. The Kier molecular flexibility index (Phi) is 29.6. The maximum Gasteiger partial charge on any atom is 0.150 e. The quantitative estimate of drug-likeness (QED) is 0.0217. The minimum absolute atomic E-state index is 0.0628. The molecule has 6 aromatic rings. The van der Waals surface area contributed by atoms with Gasteiger partial charge in [-0.25, -0.2) is 0 Å². The fourth-order valence-corrected chi connectivity index (χ4v) is 17.8. The van der Waals surface area contributed by atoms with Crippen LogP contribution in [0, 0.1) is 0 Å². The Morgan fingerprint density at radius 2 is 0.368 bits per heavy atom. The van der Waals surface area contributed by atoms with E-state index in [4.69, 9.17) is 0 Å². The molecule has 0 fully saturated rings. The van der Waals surface area contributed by atoms with Crippen LogP contribution in [0.3, 0.4) is 0 Å². The lowest BCUT2D eigenvalue weighted by Gasteiger charge is -2.33. The van der Waals surface area contributed by atoms with Crippen LogP contribution in [0.1, 0.15) is 388 Å². The van der Waals surface area contributed by atoms with Gasteiger partial charge in [0.1, 0.15) is 12.6 Å². The van der Waals surface area contributed by atoms with Crippen LogP contribution in [-0.2, 0) is 16.2 Å². The van der Waals surface area contributed by atoms with Gasteiger partial charge in [0, 0.05) is 27.4 Å². The SMILES string of the molecule is CCCCCCCCC1(CCCCCCCC)c2cc(C=O)ccc2-c2ccc(/C=C/c3ccc4c(c3)C(CCCCCCCC)(CCCCCCCC)c3cc(/C=C/c5ccc6c(c5)C(CCCCCCCC)(CCCCCCCC)c5cc(C=O)ccc5-6)ccc3-4)cc21. The predicted molar refractivity (Wildman–Crippen MR) is 415 cm³/mol. The van der Waals surface area contributed by atoms with E-state index in [2.05, 4.69) is 175 Å². The maximum atomic E-state index is 12.5. The van der Waals surface area contributed by atoms with Crippen molar-refractivity contribution in [2.24, 2.45) is 0 Å². The maximum absolute atomic E-state index is 12.5. The minimum Gasteiger partial charge on any atom is -0.298 e. The summed E-state index contributed by atoms with van der Waals surface area (Å²) in [6.07, 6.45) is 65.2. The first-order valence-electron chi connectivity index (χ1n) is 39.9. The summed E-state index contributed by atoms with van der Waals surface area (Å²) in [5, 5.41) is 0. The van der Waals surface area contributed by atoms with Crippen molar-refractivity contribution in [2.45, 2.75) is 327 Å². The van der Waals surface area contributed by atoms with Gasteiger partial charge in [-0.1, -0.05) is 394 Å². The highest BCUT2D eigenvalue weighted by molar-refractivity contribution is 5.90. The molecule has 0 aliphatic heterocycles. The molecule has 2 heteroatoms. The van der Waals surface area contributed by atoms with Crippen molar-refractivity contribution < 1.29 is 9.59 Å². The molecule has 6 aromatic carbocycles. The van der Waals surface area contributed by atoms with Crippen molar-refractivity contribution >= 4 is 36.9 Å². The van der Waals surface area contributed by atoms with E-state index in [0.29, 0.717) is 0 Å². The predicted octanol–water partition coefficient (Wildman–Crippen LogP) is 29.0. The molecule has 95 heavy (non-hydrogen) atoms. The summed E-state index contributed by atoms with van der Waals surface area (Å²) in [6.45, 7) is 13.9. The second-order valence-corrected chi connectivity index (χ2v) is 30.1. The van der Waals surface area contributed by atoms with E-state index in [1.165, 1.54) is 322 Å². The Morgan fingerprint density at radius 1 is 0.211 bits per heavy atom. The summed E-state index contributed by atoms with van der Waals surface area (Å²) < 4.78 is 0. The number of unbranched alkanes of at least 4 members (excludes halogenated alkanes) is 30. The molecular formula is C93H126O2. The molecule has 0 amide bonds. The number of hydrogen-bond donors (Lipinski definition) is 0. The first-order valence-corrected chi connectivity index (χ1v) is 39.9. The second kappa shape index (κ2) is 38.3. The Bertz CT molecular complexity index is 3140. The molecule has 0 spiro atoms. The Balaban J connectivity index is 1.07. The second-order valence-electron chi connectivity index (χ2n) is 30.1. The topological polar surface area (TPSA) is 34.1 Å². The highest BCUT2D eigenvalue weighted by atomic mass is 16.1. The summed E-state index contributed by atoms with van der Waals surface area (Å²) in [5.41, 5.74) is 23.7. The molecule has 2 nitrogen and oxygen atoms in total. The first-order chi connectivity index (χ1) is 46.8. The van der Waals surface area contributed by atoms with Crippen LogP contribution in [0.15, 0.2) is 109 Å². The van der Waals surface area contributed by atoms with E-state index in [9.17, 15) is 9.59 Å². The van der Waals surface area contributed by atoms with Crippen molar-refractivity contribution in [1.82, 2.24) is 0 Å². The normalized spacial score (nSPS) is 14.3. The van der Waals surface area contributed by atoms with Crippen LogP contribution >= 0.6 is 0 Å². The van der Waals surface area contributed by atoms with Crippen LogP contribution in [0.2, 0.25) is 0 Å². The molecule has 0 N–H and O–H groups in total. The zero-order valence-corrected chi connectivity index (χ0v) is 60.9. The van der Waals surface area contributed by atoms with E-state index < -0.39 is 0 Å². The average molecular weight is 1280 g/mol. The third-order valence-corrected chi connectivity index (χ3v) is 23.2. The summed E-state index contributed by atoms with van der Waals surface area (Å²) >= 11 is 0. The van der Waals surface area contributed by atoms with Crippen LogP contribution in [-0.4, -0.2) is 12.6 Å². The van der Waals surface area contributed by atoms with Crippen molar-refractivity contribution in [1.29, 1.82) is 0 Å². The molecule has 0 heterocycles. The number of carbonyl (C=O) groups is 2. The van der Waals surface area contributed by atoms with Gasteiger partial charge >= 0.3 is 0 Å². The number of rotatable bonds is 48. The van der Waals surface area contributed by atoms with Gasteiger partial charge in [0.2, 0.25) is 0 Å². The van der Waals surface area contributed by atoms with Crippen LogP contribution in [0.5, 0.6) is 0 Å². The van der Waals surface area contributed by atoms with Gasteiger partial charge in [0.05, 0.1) is 0 Å². The van der Waals surface area contributed by atoms with Gasteiger partial charge in [-0.3, -0.25) is 9.59 Å². The van der Waals surface area contributed by atoms with E-state index in [0.717, 1.165) is 49.4 Å². The van der Waals surface area contributed by atoms with Crippen LogP contribution in [0.25, 0.3) is 57.7 Å². The fraction of sp³-hybridized carbons (Fsp3) is 0.548. The van der Waals surface area contributed by atoms with E-state index in [1.54, 1.807) is 11.1 Å². The molecule has 0 bridgehead atoms. The summed E-state index contributed by atoms with van der Waals surface area (Å²) in [5.74, 6) is 0. The lowest BCUT2D eigenvalue weighted by atomic mass is 9.70. The van der Waals surface area contributed by atoms with E-state index >= 15 is 0 Å². The molecule has 9 rings (SSSR count). The van der Waals surface area contributed by atoms with Crippen molar-refractivity contribution in [3.8, 4) is 33.4 Å². The lowest BCUT2D eigenvalue weighted by molar-refractivity contribution is 0.111. The fourth-order valence-electron chi connectivity index (χ4n) is 17.8. The number of aldehydes is 2.